The molecule has 0 bridgehead atoms. The molecule has 0 atom stereocenters. The van der Waals surface area contributed by atoms with Crippen LogP contribution in [0, 0.1) is 0 Å². The van der Waals surface area contributed by atoms with Crippen molar-refractivity contribution in [3.8, 4) is 0 Å². The number of alkyl carbamates (subject to hydrolysis) is 1. The van der Waals surface area contributed by atoms with Gasteiger partial charge in [0.25, 0.3) is 0 Å². The number of anilines is 1. The van der Waals surface area contributed by atoms with E-state index in [1.807, 2.05) is 30.3 Å². The first-order valence-electron chi connectivity index (χ1n) is 5.78. The van der Waals surface area contributed by atoms with Crippen molar-refractivity contribution in [3.63, 3.8) is 0 Å². The number of carbonyl (C=O) groups is 1. The summed E-state index contributed by atoms with van der Waals surface area (Å²) in [6.45, 7) is 2.02. The van der Waals surface area contributed by atoms with E-state index in [2.05, 4.69) is 15.6 Å². The monoisotopic (exact) mass is 275 g/mol. The first-order valence-corrected chi connectivity index (χ1v) is 6.19. The molecule has 2 N–H and O–H groups in total. The quantitative estimate of drug-likeness (QED) is 0.825. The van der Waals surface area contributed by atoms with Gasteiger partial charge in [0.15, 0.2) is 5.11 Å². The molecule has 6 heteroatoms. The summed E-state index contributed by atoms with van der Waals surface area (Å²) in [4.78, 5) is 15.5. The fourth-order valence-electron chi connectivity index (χ4n) is 1.56. The highest BCUT2D eigenvalue weighted by Gasteiger charge is 2.05. The van der Waals surface area contributed by atoms with E-state index in [0.717, 1.165) is 10.9 Å². The minimum absolute atomic E-state index is 0.176. The largest absolute Gasteiger partial charge is 0.450 e. The predicted octanol–water partition coefficient (Wildman–Crippen LogP) is 2.68. The van der Waals surface area contributed by atoms with Gasteiger partial charge in [0.1, 0.15) is 0 Å². The standard InChI is InChI=1S/C13H13N3O2S/c1-2-18-13(17)16-12(19)15-10-7-9-5-3-4-6-11(9)14-8-10/h3-8H,2H2,1H3,(H2,15,16,17,19). The molecule has 1 aromatic carbocycles. The van der Waals surface area contributed by atoms with Crippen LogP contribution in [0.4, 0.5) is 10.5 Å². The minimum Gasteiger partial charge on any atom is -0.450 e. The number of rotatable bonds is 2. The molecular formula is C13H13N3O2S. The molecule has 0 aliphatic rings. The summed E-state index contributed by atoms with van der Waals surface area (Å²) in [6.07, 6.45) is 1.08. The van der Waals surface area contributed by atoms with E-state index in [0.29, 0.717) is 12.3 Å². The summed E-state index contributed by atoms with van der Waals surface area (Å²) in [6, 6.07) is 9.64. The van der Waals surface area contributed by atoms with Gasteiger partial charge >= 0.3 is 6.09 Å². The molecule has 0 radical (unpaired) electrons. The van der Waals surface area contributed by atoms with Gasteiger partial charge in [-0.05, 0) is 31.3 Å². The third kappa shape index (κ3) is 3.62. The van der Waals surface area contributed by atoms with E-state index in [1.54, 1.807) is 13.1 Å². The van der Waals surface area contributed by atoms with Crippen LogP contribution in [0.15, 0.2) is 36.5 Å². The number of amides is 1. The van der Waals surface area contributed by atoms with Crippen molar-refractivity contribution < 1.29 is 9.53 Å². The van der Waals surface area contributed by atoms with Crippen LogP contribution in [0.5, 0.6) is 0 Å². The normalized spacial score (nSPS) is 9.95. The number of hydrogen-bond donors (Lipinski definition) is 2. The van der Waals surface area contributed by atoms with Crippen LogP contribution < -0.4 is 10.6 Å². The van der Waals surface area contributed by atoms with E-state index < -0.39 is 6.09 Å². The zero-order chi connectivity index (χ0) is 13.7. The highest BCUT2D eigenvalue weighted by atomic mass is 32.1. The van der Waals surface area contributed by atoms with E-state index >= 15 is 0 Å². The maximum atomic E-state index is 11.2. The molecule has 2 aromatic rings. The number of carbonyl (C=O) groups excluding carboxylic acids is 1. The third-order valence-corrected chi connectivity index (χ3v) is 2.54. The molecule has 98 valence electrons. The molecule has 0 aliphatic heterocycles. The number of hydrogen-bond acceptors (Lipinski definition) is 4. The average molecular weight is 275 g/mol. The molecule has 1 amide bonds. The highest BCUT2D eigenvalue weighted by molar-refractivity contribution is 7.80. The molecule has 0 fully saturated rings. The SMILES string of the molecule is CCOC(=O)NC(=S)Nc1cnc2ccccc2c1. The number of aromatic nitrogens is 1. The Balaban J connectivity index is 2.04. The van der Waals surface area contributed by atoms with Crippen molar-refractivity contribution in [3.05, 3.63) is 36.5 Å². The zero-order valence-corrected chi connectivity index (χ0v) is 11.2. The van der Waals surface area contributed by atoms with Crippen molar-refractivity contribution in [1.29, 1.82) is 0 Å². The summed E-state index contributed by atoms with van der Waals surface area (Å²) in [5.41, 5.74) is 1.61. The lowest BCUT2D eigenvalue weighted by Crippen LogP contribution is -2.34. The molecule has 0 spiro atoms. The van der Waals surface area contributed by atoms with E-state index in [9.17, 15) is 4.79 Å². The van der Waals surface area contributed by atoms with Gasteiger partial charge < -0.3 is 10.1 Å². The number of nitrogens with zero attached hydrogens (tertiary/aromatic N) is 1. The smallest absolute Gasteiger partial charge is 0.413 e. The summed E-state index contributed by atoms with van der Waals surface area (Å²) >= 11 is 5.00. The minimum atomic E-state index is -0.575. The second-order valence-electron chi connectivity index (χ2n) is 3.72. The van der Waals surface area contributed by atoms with Gasteiger partial charge in [0, 0.05) is 5.39 Å². The van der Waals surface area contributed by atoms with E-state index in [4.69, 9.17) is 17.0 Å². The Morgan fingerprint density at radius 3 is 3.00 bits per heavy atom. The molecule has 1 aromatic heterocycles. The first kappa shape index (κ1) is 13.2. The van der Waals surface area contributed by atoms with Crippen molar-refractivity contribution in [1.82, 2.24) is 10.3 Å². The van der Waals surface area contributed by atoms with Crippen LogP contribution in [0.1, 0.15) is 6.92 Å². The number of para-hydroxylation sites is 1. The van der Waals surface area contributed by atoms with E-state index in [-0.39, 0.29) is 5.11 Å². The lowest BCUT2D eigenvalue weighted by molar-refractivity contribution is 0.158. The van der Waals surface area contributed by atoms with Gasteiger partial charge in [-0.2, -0.15) is 0 Å². The van der Waals surface area contributed by atoms with Crippen molar-refractivity contribution >= 4 is 40.0 Å². The maximum absolute atomic E-state index is 11.2. The molecule has 0 aliphatic carbocycles. The Bertz CT molecular complexity index is 616. The number of fused-ring (bicyclic) bond motifs is 1. The van der Waals surface area contributed by atoms with Gasteiger partial charge in [0.05, 0.1) is 24.0 Å². The lowest BCUT2D eigenvalue weighted by Gasteiger charge is -2.09. The third-order valence-electron chi connectivity index (χ3n) is 2.34. The second kappa shape index (κ2) is 6.10. The Kier molecular flexibility index (Phi) is 4.25. The van der Waals surface area contributed by atoms with Gasteiger partial charge in [-0.3, -0.25) is 10.3 Å². The number of benzene rings is 1. The van der Waals surface area contributed by atoms with Crippen molar-refractivity contribution in [2.75, 3.05) is 11.9 Å². The molecule has 2 rings (SSSR count). The molecular weight excluding hydrogens is 262 g/mol. The van der Waals surface area contributed by atoms with Gasteiger partial charge in [-0.15, -0.1) is 0 Å². The Hall–Kier alpha value is -2.21. The van der Waals surface area contributed by atoms with Crippen LogP contribution in [0.25, 0.3) is 10.9 Å². The molecule has 0 saturated carbocycles. The van der Waals surface area contributed by atoms with Crippen molar-refractivity contribution in [2.24, 2.45) is 0 Å². The molecule has 0 saturated heterocycles. The van der Waals surface area contributed by atoms with Gasteiger partial charge in [-0.1, -0.05) is 18.2 Å². The summed E-state index contributed by atoms with van der Waals surface area (Å²) in [7, 11) is 0. The highest BCUT2D eigenvalue weighted by Crippen LogP contribution is 2.15. The second-order valence-corrected chi connectivity index (χ2v) is 4.12. The van der Waals surface area contributed by atoms with Gasteiger partial charge in [-0.25, -0.2) is 4.79 Å². The summed E-state index contributed by atoms with van der Waals surface area (Å²) in [5.74, 6) is 0. The lowest BCUT2D eigenvalue weighted by atomic mass is 10.2. The summed E-state index contributed by atoms with van der Waals surface area (Å²) in [5, 5.41) is 6.46. The molecule has 1 heterocycles. The molecule has 5 nitrogen and oxygen atoms in total. The Labute approximate surface area is 116 Å². The molecule has 19 heavy (non-hydrogen) atoms. The fourth-order valence-corrected chi connectivity index (χ4v) is 1.76. The number of ether oxygens (including phenoxy) is 1. The fraction of sp³-hybridized carbons (Fsp3) is 0.154. The number of pyridine rings is 1. The maximum Gasteiger partial charge on any atom is 0.413 e. The topological polar surface area (TPSA) is 63.2 Å². The number of nitrogens with one attached hydrogen (secondary N) is 2. The number of thiocarbonyl (C=S) groups is 1. The van der Waals surface area contributed by atoms with Gasteiger partial charge in [0.2, 0.25) is 0 Å². The van der Waals surface area contributed by atoms with Crippen LogP contribution >= 0.6 is 12.2 Å². The van der Waals surface area contributed by atoms with Crippen LogP contribution in [0.3, 0.4) is 0 Å². The van der Waals surface area contributed by atoms with Crippen LogP contribution in [-0.4, -0.2) is 22.8 Å². The van der Waals surface area contributed by atoms with E-state index in [1.165, 1.54) is 0 Å². The molecule has 0 unspecified atom stereocenters. The first-order chi connectivity index (χ1) is 9.19. The summed E-state index contributed by atoms with van der Waals surface area (Å²) < 4.78 is 4.73. The van der Waals surface area contributed by atoms with Crippen LogP contribution in [0.2, 0.25) is 0 Å². The van der Waals surface area contributed by atoms with Crippen molar-refractivity contribution in [2.45, 2.75) is 6.92 Å². The zero-order valence-electron chi connectivity index (χ0n) is 10.3. The Morgan fingerprint density at radius 1 is 1.42 bits per heavy atom. The van der Waals surface area contributed by atoms with Crippen LogP contribution in [-0.2, 0) is 4.74 Å². The Morgan fingerprint density at radius 2 is 2.21 bits per heavy atom. The predicted molar refractivity (Wildman–Crippen MR) is 78.1 cm³/mol. The average Bonchev–Trinajstić information content (AvgIpc) is 2.38.